The van der Waals surface area contributed by atoms with Crippen LogP contribution in [0.25, 0.3) is 0 Å². The second-order valence-electron chi connectivity index (χ2n) is 4.92. The van der Waals surface area contributed by atoms with Crippen LogP contribution in [0.2, 0.25) is 0 Å². The van der Waals surface area contributed by atoms with Gasteiger partial charge in [0.25, 0.3) is 0 Å². The minimum atomic E-state index is -0.186. The molecule has 1 aromatic carbocycles. The Morgan fingerprint density at radius 2 is 2.22 bits per heavy atom. The average Bonchev–Trinajstić information content (AvgIpc) is 2.94. The summed E-state index contributed by atoms with van der Waals surface area (Å²) in [5, 5.41) is 10.1. The standard InChI is InChI=1S/C15H19BrFN5O/c1-10-21-14(22-23-10)9-20-15(18-2)19-7-3-4-11-5-6-12(16)8-13(11)17/h5-6,8H,3-4,7,9H2,1-2H3,(H2,18,19,20). The second-order valence-corrected chi connectivity index (χ2v) is 5.84. The molecule has 6 nitrogen and oxygen atoms in total. The number of nitrogens with zero attached hydrogens (tertiary/aromatic N) is 3. The van der Waals surface area contributed by atoms with Crippen LogP contribution in [0.5, 0.6) is 0 Å². The Bertz CT molecular complexity index is 674. The molecular weight excluding hydrogens is 365 g/mol. The molecule has 0 atom stereocenters. The Morgan fingerprint density at radius 3 is 2.87 bits per heavy atom. The normalized spacial score (nSPS) is 11.6. The molecule has 0 unspecified atom stereocenters. The topological polar surface area (TPSA) is 75.3 Å². The number of nitrogens with one attached hydrogen (secondary N) is 2. The lowest BCUT2D eigenvalue weighted by Crippen LogP contribution is -2.37. The van der Waals surface area contributed by atoms with Crippen LogP contribution in [-0.2, 0) is 13.0 Å². The maximum atomic E-state index is 13.7. The fourth-order valence-electron chi connectivity index (χ4n) is 2.01. The molecule has 0 amide bonds. The molecule has 23 heavy (non-hydrogen) atoms. The smallest absolute Gasteiger partial charge is 0.223 e. The number of halogens is 2. The van der Waals surface area contributed by atoms with Crippen molar-refractivity contribution in [1.29, 1.82) is 0 Å². The average molecular weight is 384 g/mol. The van der Waals surface area contributed by atoms with Gasteiger partial charge in [-0.3, -0.25) is 4.99 Å². The summed E-state index contributed by atoms with van der Waals surface area (Å²) in [6.45, 7) is 2.85. The molecule has 0 aliphatic rings. The quantitative estimate of drug-likeness (QED) is 0.455. The highest BCUT2D eigenvalue weighted by Gasteiger charge is 2.05. The molecule has 0 aliphatic carbocycles. The van der Waals surface area contributed by atoms with Gasteiger partial charge < -0.3 is 15.2 Å². The first kappa shape index (κ1) is 17.4. The predicted molar refractivity (Wildman–Crippen MR) is 89.7 cm³/mol. The molecule has 1 heterocycles. The van der Waals surface area contributed by atoms with E-state index in [0.717, 1.165) is 10.9 Å². The zero-order chi connectivity index (χ0) is 16.7. The Kier molecular flexibility index (Phi) is 6.52. The van der Waals surface area contributed by atoms with Gasteiger partial charge in [0, 0.05) is 25.0 Å². The zero-order valence-corrected chi connectivity index (χ0v) is 14.7. The van der Waals surface area contributed by atoms with Crippen LogP contribution in [0.15, 0.2) is 32.2 Å². The Morgan fingerprint density at radius 1 is 1.39 bits per heavy atom. The van der Waals surface area contributed by atoms with E-state index in [-0.39, 0.29) is 5.82 Å². The number of aliphatic imine (C=N–C) groups is 1. The van der Waals surface area contributed by atoms with Crippen LogP contribution in [-0.4, -0.2) is 29.7 Å². The summed E-state index contributed by atoms with van der Waals surface area (Å²) in [6.07, 6.45) is 1.45. The van der Waals surface area contributed by atoms with E-state index >= 15 is 0 Å². The highest BCUT2D eigenvalue weighted by Crippen LogP contribution is 2.16. The third-order valence-corrected chi connectivity index (χ3v) is 3.63. The van der Waals surface area contributed by atoms with Crippen molar-refractivity contribution in [1.82, 2.24) is 20.8 Å². The molecule has 0 saturated heterocycles. The van der Waals surface area contributed by atoms with Crippen molar-refractivity contribution < 1.29 is 8.91 Å². The molecule has 2 rings (SSSR count). The van der Waals surface area contributed by atoms with E-state index in [4.69, 9.17) is 4.52 Å². The lowest BCUT2D eigenvalue weighted by molar-refractivity contribution is 0.387. The van der Waals surface area contributed by atoms with E-state index in [1.54, 1.807) is 20.0 Å². The van der Waals surface area contributed by atoms with Crippen LogP contribution in [0.3, 0.4) is 0 Å². The number of aromatic nitrogens is 2. The summed E-state index contributed by atoms with van der Waals surface area (Å²) >= 11 is 3.25. The summed E-state index contributed by atoms with van der Waals surface area (Å²) in [5.41, 5.74) is 0.709. The first-order valence-electron chi connectivity index (χ1n) is 7.26. The SMILES string of the molecule is CN=C(NCCCc1ccc(Br)cc1F)NCc1noc(C)n1. The van der Waals surface area contributed by atoms with Gasteiger partial charge in [-0.1, -0.05) is 27.2 Å². The Hall–Kier alpha value is -1.96. The summed E-state index contributed by atoms with van der Waals surface area (Å²) in [4.78, 5) is 8.21. The molecule has 2 aromatic rings. The first-order chi connectivity index (χ1) is 11.1. The summed E-state index contributed by atoms with van der Waals surface area (Å²) in [7, 11) is 1.69. The van der Waals surface area contributed by atoms with E-state index < -0.39 is 0 Å². The number of hydrogen-bond donors (Lipinski definition) is 2. The van der Waals surface area contributed by atoms with E-state index in [2.05, 4.69) is 41.7 Å². The van der Waals surface area contributed by atoms with Gasteiger partial charge in [-0.25, -0.2) is 4.39 Å². The third-order valence-electron chi connectivity index (χ3n) is 3.14. The first-order valence-corrected chi connectivity index (χ1v) is 8.05. The fourth-order valence-corrected chi connectivity index (χ4v) is 2.34. The van der Waals surface area contributed by atoms with Crippen molar-refractivity contribution in [2.24, 2.45) is 4.99 Å². The molecule has 2 N–H and O–H groups in total. The van der Waals surface area contributed by atoms with Crippen molar-refractivity contribution in [3.05, 3.63) is 45.8 Å². The van der Waals surface area contributed by atoms with E-state index in [0.29, 0.717) is 42.7 Å². The highest BCUT2D eigenvalue weighted by atomic mass is 79.9. The lowest BCUT2D eigenvalue weighted by atomic mass is 10.1. The van der Waals surface area contributed by atoms with Crippen molar-refractivity contribution in [3.63, 3.8) is 0 Å². The minimum Gasteiger partial charge on any atom is -0.356 e. The monoisotopic (exact) mass is 383 g/mol. The van der Waals surface area contributed by atoms with Gasteiger partial charge in [-0.2, -0.15) is 4.98 Å². The highest BCUT2D eigenvalue weighted by molar-refractivity contribution is 9.10. The molecule has 124 valence electrons. The Labute approximate surface area is 142 Å². The van der Waals surface area contributed by atoms with Gasteiger partial charge >= 0.3 is 0 Å². The molecule has 0 bridgehead atoms. The molecule has 1 aromatic heterocycles. The number of rotatable bonds is 6. The van der Waals surface area contributed by atoms with Crippen molar-refractivity contribution in [2.45, 2.75) is 26.3 Å². The van der Waals surface area contributed by atoms with E-state index in [1.807, 2.05) is 6.07 Å². The molecule has 0 saturated carbocycles. The summed E-state index contributed by atoms with van der Waals surface area (Å²) in [6, 6.07) is 5.13. The van der Waals surface area contributed by atoms with Crippen LogP contribution < -0.4 is 10.6 Å². The molecular formula is C15H19BrFN5O. The molecule has 0 radical (unpaired) electrons. The van der Waals surface area contributed by atoms with Crippen LogP contribution in [0, 0.1) is 12.7 Å². The van der Waals surface area contributed by atoms with Crippen LogP contribution in [0.4, 0.5) is 4.39 Å². The van der Waals surface area contributed by atoms with Crippen LogP contribution >= 0.6 is 15.9 Å². The zero-order valence-electron chi connectivity index (χ0n) is 13.1. The second kappa shape index (κ2) is 8.61. The third kappa shape index (κ3) is 5.63. The summed E-state index contributed by atoms with van der Waals surface area (Å²) < 4.78 is 19.3. The largest absolute Gasteiger partial charge is 0.356 e. The number of benzene rings is 1. The molecule has 8 heteroatoms. The molecule has 0 spiro atoms. The van der Waals surface area contributed by atoms with Gasteiger partial charge in [0.05, 0.1) is 6.54 Å². The van der Waals surface area contributed by atoms with Crippen molar-refractivity contribution >= 4 is 21.9 Å². The molecule has 0 fully saturated rings. The number of aryl methyl sites for hydroxylation is 2. The number of guanidine groups is 1. The van der Waals surface area contributed by atoms with Crippen molar-refractivity contribution in [3.8, 4) is 0 Å². The maximum Gasteiger partial charge on any atom is 0.223 e. The lowest BCUT2D eigenvalue weighted by Gasteiger charge is -2.10. The fraction of sp³-hybridized carbons (Fsp3) is 0.400. The van der Waals surface area contributed by atoms with Crippen LogP contribution in [0.1, 0.15) is 23.7 Å². The van der Waals surface area contributed by atoms with Gasteiger partial charge in [0.2, 0.25) is 5.89 Å². The van der Waals surface area contributed by atoms with Gasteiger partial charge in [-0.15, -0.1) is 0 Å². The summed E-state index contributed by atoms with van der Waals surface area (Å²) in [5.74, 6) is 1.56. The van der Waals surface area contributed by atoms with Gasteiger partial charge in [-0.05, 0) is 30.5 Å². The molecule has 0 aliphatic heterocycles. The van der Waals surface area contributed by atoms with Gasteiger partial charge in [0.15, 0.2) is 11.8 Å². The number of hydrogen-bond acceptors (Lipinski definition) is 4. The van der Waals surface area contributed by atoms with E-state index in [9.17, 15) is 4.39 Å². The van der Waals surface area contributed by atoms with E-state index in [1.165, 1.54) is 6.07 Å². The minimum absolute atomic E-state index is 0.186. The van der Waals surface area contributed by atoms with Gasteiger partial charge in [0.1, 0.15) is 5.82 Å². The van der Waals surface area contributed by atoms with Crippen molar-refractivity contribution in [2.75, 3.05) is 13.6 Å². The Balaban J connectivity index is 1.71. The predicted octanol–water partition coefficient (Wildman–Crippen LogP) is 2.58. The maximum absolute atomic E-state index is 13.7.